The van der Waals surface area contributed by atoms with Crippen LogP contribution < -0.4 is 20.4 Å². The van der Waals surface area contributed by atoms with Gasteiger partial charge in [-0.25, -0.2) is 4.79 Å². The molecule has 25 heavy (non-hydrogen) atoms. The molecule has 1 amide bonds. The lowest BCUT2D eigenvalue weighted by Crippen LogP contribution is -2.45. The van der Waals surface area contributed by atoms with Crippen LogP contribution in [0, 0.1) is 0 Å². The van der Waals surface area contributed by atoms with Crippen molar-refractivity contribution < 1.29 is 18.7 Å². The van der Waals surface area contributed by atoms with Crippen molar-refractivity contribution in [1.82, 2.24) is 10.6 Å². The van der Waals surface area contributed by atoms with E-state index < -0.39 is 11.5 Å². The number of aromatic nitrogens is 2. The van der Waals surface area contributed by atoms with Gasteiger partial charge in [-0.15, -0.1) is 0 Å². The van der Waals surface area contributed by atoms with Gasteiger partial charge in [0, 0.05) is 18.7 Å². The average molecular weight is 344 g/mol. The Morgan fingerprint density at radius 3 is 2.80 bits per heavy atom. The second kappa shape index (κ2) is 7.83. The summed E-state index contributed by atoms with van der Waals surface area (Å²) in [7, 11) is 1.57. The molecule has 0 fully saturated rings. The minimum atomic E-state index is -0.704. The van der Waals surface area contributed by atoms with Crippen molar-refractivity contribution in [2.24, 2.45) is 0 Å². The summed E-state index contributed by atoms with van der Waals surface area (Å²) >= 11 is 0. The Labute approximate surface area is 145 Å². The smallest absolute Gasteiger partial charge is 0.441 e. The molecule has 7 nitrogen and oxygen atoms in total. The number of amides is 1. The highest BCUT2D eigenvalue weighted by Crippen LogP contribution is 2.19. The first-order valence-electron chi connectivity index (χ1n) is 8.43. The largest absolute Gasteiger partial charge is 0.497 e. The summed E-state index contributed by atoms with van der Waals surface area (Å²) in [5.74, 6) is 0.226. The van der Waals surface area contributed by atoms with Gasteiger partial charge >= 0.3 is 17.2 Å². The fourth-order valence-electron chi connectivity index (χ4n) is 2.93. The number of benzene rings is 1. The van der Waals surface area contributed by atoms with Crippen LogP contribution in [0.25, 0.3) is 5.69 Å². The summed E-state index contributed by atoms with van der Waals surface area (Å²) in [6.45, 7) is 0.498. The highest BCUT2D eigenvalue weighted by molar-refractivity contribution is 5.90. The zero-order valence-corrected chi connectivity index (χ0v) is 14.2. The first-order chi connectivity index (χ1) is 12.2. The third kappa shape index (κ3) is 3.99. The Balaban J connectivity index is 1.70. The van der Waals surface area contributed by atoms with Crippen molar-refractivity contribution in [2.45, 2.75) is 32.1 Å². The van der Waals surface area contributed by atoms with Gasteiger partial charge in [0.25, 0.3) is 0 Å². The summed E-state index contributed by atoms with van der Waals surface area (Å²) in [5, 5.41) is 5.27. The molecule has 0 saturated heterocycles. The third-order valence-corrected chi connectivity index (χ3v) is 4.31. The van der Waals surface area contributed by atoms with E-state index in [1.807, 2.05) is 0 Å². The van der Waals surface area contributed by atoms with Crippen LogP contribution >= 0.6 is 0 Å². The number of nitrogens with zero attached hydrogens (tertiary/aromatic N) is 1. The molecule has 0 unspecified atom stereocenters. The topological polar surface area (TPSA) is 88.2 Å². The predicted octanol–water partition coefficient (Wildman–Crippen LogP) is 1.87. The molecule has 0 bridgehead atoms. The molecule has 7 heteroatoms. The maximum atomic E-state index is 12.4. The van der Waals surface area contributed by atoms with Gasteiger partial charge in [-0.2, -0.15) is 0 Å². The number of carbonyl (C=O) groups is 1. The molecular weight excluding hydrogens is 322 g/mol. The van der Waals surface area contributed by atoms with Crippen molar-refractivity contribution >= 4 is 5.91 Å². The predicted molar refractivity (Wildman–Crippen MR) is 90.9 cm³/mol. The number of carbonyl (C=O) groups excluding carboxylic acids is 1. The number of aromatic amines is 1. The molecule has 2 aromatic rings. The molecule has 1 aromatic heterocycles. The molecule has 0 radical (unpaired) electrons. The molecule has 0 spiro atoms. The first kappa shape index (κ1) is 17.0. The van der Waals surface area contributed by atoms with E-state index in [2.05, 4.69) is 16.7 Å². The van der Waals surface area contributed by atoms with Crippen LogP contribution in [-0.2, 0) is 0 Å². The Morgan fingerprint density at radius 1 is 1.32 bits per heavy atom. The molecule has 0 aliphatic heterocycles. The number of rotatable bonds is 6. The van der Waals surface area contributed by atoms with E-state index >= 15 is 0 Å². The Bertz CT molecular complexity index is 818. The van der Waals surface area contributed by atoms with Crippen molar-refractivity contribution in [1.29, 1.82) is 0 Å². The van der Waals surface area contributed by atoms with Gasteiger partial charge in [-0.1, -0.05) is 11.6 Å². The first-order valence-corrected chi connectivity index (χ1v) is 8.43. The van der Waals surface area contributed by atoms with E-state index in [0.29, 0.717) is 18.0 Å². The van der Waals surface area contributed by atoms with Crippen LogP contribution in [0.15, 0.2) is 45.2 Å². The minimum absolute atomic E-state index is 0.0807. The molecule has 1 heterocycles. The van der Waals surface area contributed by atoms with Gasteiger partial charge in [0.05, 0.1) is 7.11 Å². The number of hydrogen-bond acceptors (Lipinski definition) is 4. The molecule has 0 saturated carbocycles. The second-order valence-corrected chi connectivity index (χ2v) is 5.98. The molecule has 1 aromatic carbocycles. The SMILES string of the molecule is COc1ccc(-[n+]2[nH]oc(=O)c2C(=O)NCCC2=CCCCC2)cc1. The number of methoxy groups -OCH3 is 1. The van der Waals surface area contributed by atoms with E-state index in [4.69, 9.17) is 9.26 Å². The van der Waals surface area contributed by atoms with Gasteiger partial charge in [0.1, 0.15) is 5.75 Å². The standard InChI is InChI=1S/C18H21N3O4/c1-24-15-9-7-14(8-10-15)21-16(18(23)25-20-21)17(22)19-12-11-13-5-3-2-4-6-13/h5,7-10H,2-4,6,11-12H2,1H3,(H-,19,20,22,23)/p+1. The van der Waals surface area contributed by atoms with E-state index in [0.717, 1.165) is 19.3 Å². The van der Waals surface area contributed by atoms with Crippen LogP contribution in [0.1, 0.15) is 42.6 Å². The number of H-pyrrole nitrogens is 1. The fraction of sp³-hybridized carbons (Fsp3) is 0.389. The quantitative estimate of drug-likeness (QED) is 0.618. The van der Waals surface area contributed by atoms with Gasteiger partial charge in [-0.05, 0) is 54.2 Å². The lowest BCUT2D eigenvalue weighted by molar-refractivity contribution is -0.672. The summed E-state index contributed by atoms with van der Waals surface area (Å²) in [6.07, 6.45) is 7.71. The summed E-state index contributed by atoms with van der Waals surface area (Å²) in [6, 6.07) is 6.94. The molecule has 3 rings (SSSR count). The molecule has 1 aliphatic carbocycles. The molecule has 0 atom stereocenters. The summed E-state index contributed by atoms with van der Waals surface area (Å²) in [5.41, 5.74) is 1.19. The van der Waals surface area contributed by atoms with Gasteiger partial charge in [0.2, 0.25) is 5.69 Å². The zero-order valence-electron chi connectivity index (χ0n) is 14.2. The highest BCUT2D eigenvalue weighted by Gasteiger charge is 2.30. The van der Waals surface area contributed by atoms with Crippen LogP contribution in [0.4, 0.5) is 0 Å². The van der Waals surface area contributed by atoms with Crippen LogP contribution in [-0.4, -0.2) is 24.8 Å². The summed E-state index contributed by atoms with van der Waals surface area (Å²) < 4.78 is 11.2. The van der Waals surface area contributed by atoms with E-state index in [1.54, 1.807) is 31.4 Å². The monoisotopic (exact) mass is 344 g/mol. The van der Waals surface area contributed by atoms with Crippen LogP contribution in [0.3, 0.4) is 0 Å². The van der Waals surface area contributed by atoms with E-state index in [1.165, 1.54) is 23.1 Å². The number of ether oxygens (including phenoxy) is 1. The highest BCUT2D eigenvalue weighted by atomic mass is 16.5. The number of nitrogens with one attached hydrogen (secondary N) is 2. The van der Waals surface area contributed by atoms with E-state index in [-0.39, 0.29) is 5.69 Å². The minimum Gasteiger partial charge on any atom is -0.497 e. The lowest BCUT2D eigenvalue weighted by atomic mass is 9.97. The number of hydrogen-bond donors (Lipinski definition) is 2. The van der Waals surface area contributed by atoms with Crippen LogP contribution in [0.5, 0.6) is 5.75 Å². The van der Waals surface area contributed by atoms with E-state index in [9.17, 15) is 9.59 Å². The fourth-order valence-corrected chi connectivity index (χ4v) is 2.93. The van der Waals surface area contributed by atoms with Crippen molar-refractivity contribution in [3.05, 3.63) is 52.0 Å². The Morgan fingerprint density at radius 2 is 2.12 bits per heavy atom. The van der Waals surface area contributed by atoms with Crippen LogP contribution in [0.2, 0.25) is 0 Å². The van der Waals surface area contributed by atoms with Crippen molar-refractivity contribution in [3.8, 4) is 11.4 Å². The van der Waals surface area contributed by atoms with Crippen molar-refractivity contribution in [2.75, 3.05) is 13.7 Å². The zero-order chi connectivity index (χ0) is 17.6. The molecular formula is C18H22N3O4+. The average Bonchev–Trinajstić information content (AvgIpc) is 3.04. The van der Waals surface area contributed by atoms with Gasteiger partial charge in [-0.3, -0.25) is 9.32 Å². The third-order valence-electron chi connectivity index (χ3n) is 4.31. The Kier molecular flexibility index (Phi) is 5.33. The maximum absolute atomic E-state index is 12.4. The molecule has 2 N–H and O–H groups in total. The Hall–Kier alpha value is -2.83. The van der Waals surface area contributed by atoms with Gasteiger partial charge in [0.15, 0.2) is 0 Å². The number of allylic oxidation sites excluding steroid dienone is 1. The van der Waals surface area contributed by atoms with Crippen molar-refractivity contribution in [3.63, 3.8) is 0 Å². The normalized spacial score (nSPS) is 14.0. The second-order valence-electron chi connectivity index (χ2n) is 5.98. The maximum Gasteiger partial charge on any atom is 0.441 e. The van der Waals surface area contributed by atoms with Gasteiger partial charge < -0.3 is 10.1 Å². The lowest BCUT2D eigenvalue weighted by Gasteiger charge is -2.12. The molecule has 132 valence electrons. The summed E-state index contributed by atoms with van der Waals surface area (Å²) in [4.78, 5) is 24.4. The molecule has 1 aliphatic rings.